The van der Waals surface area contributed by atoms with Crippen LogP contribution in [0, 0.1) is 6.92 Å². The number of fused-ring (bicyclic) bond motifs is 1. The first-order valence-corrected chi connectivity index (χ1v) is 10.1. The number of carbonyl (C=O) groups is 1. The third kappa shape index (κ3) is 4.22. The van der Waals surface area contributed by atoms with Crippen molar-refractivity contribution in [3.05, 3.63) is 112 Å². The summed E-state index contributed by atoms with van der Waals surface area (Å²) in [7, 11) is 0. The molecule has 0 aliphatic rings. The molecule has 1 N–H and O–H groups in total. The molecular weight excluding hydrogens is 429 g/mol. The highest BCUT2D eigenvalue weighted by Gasteiger charge is 2.15. The van der Waals surface area contributed by atoms with Gasteiger partial charge in [0.2, 0.25) is 0 Å². The Kier molecular flexibility index (Phi) is 5.45. The van der Waals surface area contributed by atoms with Gasteiger partial charge in [0.1, 0.15) is 0 Å². The maximum Gasteiger partial charge on any atom is 0.255 e. The molecule has 1 amide bonds. The van der Waals surface area contributed by atoms with Crippen LogP contribution in [0.2, 0.25) is 0 Å². The molecule has 0 aliphatic heterocycles. The number of para-hydroxylation sites is 1. The SMILES string of the molecule is Cc1ccccc1NC(=O)c1ccc(C(F)c2ccc3cc(Br)ccc3c2)cc1. The molecule has 0 fully saturated rings. The third-order valence-corrected chi connectivity index (χ3v) is 5.47. The zero-order chi connectivity index (χ0) is 20.4. The van der Waals surface area contributed by atoms with Crippen LogP contribution in [0.15, 0.2) is 89.4 Å². The average Bonchev–Trinajstić information content (AvgIpc) is 2.74. The third-order valence-electron chi connectivity index (χ3n) is 4.98. The van der Waals surface area contributed by atoms with E-state index in [1.54, 1.807) is 30.3 Å². The summed E-state index contributed by atoms with van der Waals surface area (Å²) in [6.45, 7) is 1.94. The second kappa shape index (κ2) is 8.18. The average molecular weight is 448 g/mol. The van der Waals surface area contributed by atoms with Crippen LogP contribution in [0.1, 0.15) is 33.2 Å². The molecule has 0 radical (unpaired) electrons. The highest BCUT2D eigenvalue weighted by Crippen LogP contribution is 2.30. The van der Waals surface area contributed by atoms with Gasteiger partial charge in [0, 0.05) is 15.7 Å². The topological polar surface area (TPSA) is 29.1 Å². The summed E-state index contributed by atoms with van der Waals surface area (Å²) in [6.07, 6.45) is -1.25. The number of aryl methyl sites for hydroxylation is 1. The Balaban J connectivity index is 1.53. The molecule has 4 heteroatoms. The van der Waals surface area contributed by atoms with Crippen LogP contribution in [0.4, 0.5) is 10.1 Å². The normalized spacial score (nSPS) is 12.0. The molecule has 0 saturated carbocycles. The van der Waals surface area contributed by atoms with Gasteiger partial charge >= 0.3 is 0 Å². The minimum Gasteiger partial charge on any atom is -0.322 e. The van der Waals surface area contributed by atoms with Gasteiger partial charge in [-0.05, 0) is 70.8 Å². The van der Waals surface area contributed by atoms with Crippen molar-refractivity contribution in [3.63, 3.8) is 0 Å². The van der Waals surface area contributed by atoms with E-state index >= 15 is 4.39 Å². The van der Waals surface area contributed by atoms with Crippen molar-refractivity contribution in [2.45, 2.75) is 13.1 Å². The van der Waals surface area contributed by atoms with Crippen LogP contribution in [0.25, 0.3) is 10.8 Å². The number of rotatable bonds is 4. The van der Waals surface area contributed by atoms with Gasteiger partial charge in [-0.2, -0.15) is 0 Å². The predicted octanol–water partition coefficient (Wildman–Crippen LogP) is 7.22. The first kappa shape index (κ1) is 19.3. The van der Waals surface area contributed by atoms with Gasteiger partial charge in [0.05, 0.1) is 0 Å². The molecule has 4 rings (SSSR count). The van der Waals surface area contributed by atoms with Crippen molar-refractivity contribution in [1.82, 2.24) is 0 Å². The van der Waals surface area contributed by atoms with Crippen LogP contribution in [0.5, 0.6) is 0 Å². The largest absolute Gasteiger partial charge is 0.322 e. The molecule has 0 heterocycles. The van der Waals surface area contributed by atoms with Crippen molar-refractivity contribution in [2.24, 2.45) is 0 Å². The molecule has 0 aliphatic carbocycles. The zero-order valence-corrected chi connectivity index (χ0v) is 17.4. The van der Waals surface area contributed by atoms with E-state index in [-0.39, 0.29) is 5.91 Å². The highest BCUT2D eigenvalue weighted by atomic mass is 79.9. The van der Waals surface area contributed by atoms with Crippen LogP contribution in [0.3, 0.4) is 0 Å². The van der Waals surface area contributed by atoms with E-state index in [1.165, 1.54) is 0 Å². The van der Waals surface area contributed by atoms with Crippen molar-refractivity contribution >= 4 is 38.3 Å². The summed E-state index contributed by atoms with van der Waals surface area (Å²) in [5.41, 5.74) is 3.37. The number of alkyl halides is 1. The van der Waals surface area contributed by atoms with Gasteiger partial charge in [-0.3, -0.25) is 4.79 Å². The maximum absolute atomic E-state index is 15.1. The highest BCUT2D eigenvalue weighted by molar-refractivity contribution is 9.10. The van der Waals surface area contributed by atoms with E-state index in [0.29, 0.717) is 16.7 Å². The van der Waals surface area contributed by atoms with Gasteiger partial charge < -0.3 is 5.32 Å². The van der Waals surface area contributed by atoms with Crippen LogP contribution in [-0.2, 0) is 0 Å². The zero-order valence-electron chi connectivity index (χ0n) is 15.8. The Hall–Kier alpha value is -2.98. The standard InChI is InChI=1S/C25H19BrFNO/c1-16-4-2-3-5-23(16)28-25(29)18-8-6-17(7-9-18)24(27)21-11-10-20-15-22(26)13-12-19(20)14-21/h2-15,24H,1H3,(H,28,29). The molecular formula is C25H19BrFNO. The number of nitrogens with one attached hydrogen (secondary N) is 1. The van der Waals surface area contributed by atoms with Crippen molar-refractivity contribution in [2.75, 3.05) is 5.32 Å². The van der Waals surface area contributed by atoms with Gasteiger partial charge in [0.25, 0.3) is 5.91 Å². The smallest absolute Gasteiger partial charge is 0.255 e. The fraction of sp³-hybridized carbons (Fsp3) is 0.0800. The first-order valence-electron chi connectivity index (χ1n) is 9.31. The fourth-order valence-corrected chi connectivity index (χ4v) is 3.68. The number of benzene rings is 4. The molecule has 144 valence electrons. The summed E-state index contributed by atoms with van der Waals surface area (Å²) >= 11 is 3.45. The number of hydrogen-bond acceptors (Lipinski definition) is 1. The Morgan fingerprint density at radius 3 is 2.28 bits per heavy atom. The van der Waals surface area contributed by atoms with Gasteiger partial charge in [-0.1, -0.05) is 64.5 Å². The lowest BCUT2D eigenvalue weighted by atomic mass is 9.98. The molecule has 4 aromatic rings. The molecule has 0 bridgehead atoms. The monoisotopic (exact) mass is 447 g/mol. The Bertz CT molecular complexity index is 1190. The summed E-state index contributed by atoms with van der Waals surface area (Å²) in [6, 6.07) is 25.8. The predicted molar refractivity (Wildman–Crippen MR) is 120 cm³/mol. The summed E-state index contributed by atoms with van der Waals surface area (Å²) in [5, 5.41) is 4.94. The maximum atomic E-state index is 15.1. The van der Waals surface area contributed by atoms with E-state index < -0.39 is 6.17 Å². The summed E-state index contributed by atoms with van der Waals surface area (Å²) < 4.78 is 16.1. The van der Waals surface area contributed by atoms with E-state index in [4.69, 9.17) is 0 Å². The van der Waals surface area contributed by atoms with Gasteiger partial charge in [-0.25, -0.2) is 4.39 Å². The van der Waals surface area contributed by atoms with Crippen molar-refractivity contribution in [1.29, 1.82) is 0 Å². The van der Waals surface area contributed by atoms with E-state index in [0.717, 1.165) is 26.5 Å². The van der Waals surface area contributed by atoms with Gasteiger partial charge in [-0.15, -0.1) is 0 Å². The first-order chi connectivity index (χ1) is 14.0. The molecule has 2 nitrogen and oxygen atoms in total. The van der Waals surface area contributed by atoms with Crippen LogP contribution in [-0.4, -0.2) is 5.91 Å². The van der Waals surface area contributed by atoms with Gasteiger partial charge in [0.15, 0.2) is 6.17 Å². The minimum atomic E-state index is -1.25. The molecule has 29 heavy (non-hydrogen) atoms. The van der Waals surface area contributed by atoms with Crippen LogP contribution < -0.4 is 5.32 Å². The second-order valence-corrected chi connectivity index (χ2v) is 7.92. The lowest BCUT2D eigenvalue weighted by Gasteiger charge is -2.12. The van der Waals surface area contributed by atoms with Crippen molar-refractivity contribution in [3.8, 4) is 0 Å². The Morgan fingerprint density at radius 1 is 0.862 bits per heavy atom. The van der Waals surface area contributed by atoms with E-state index in [9.17, 15) is 4.79 Å². The molecule has 1 unspecified atom stereocenters. The molecule has 0 saturated heterocycles. The lowest BCUT2D eigenvalue weighted by Crippen LogP contribution is -2.12. The van der Waals surface area contributed by atoms with Crippen molar-refractivity contribution < 1.29 is 9.18 Å². The second-order valence-electron chi connectivity index (χ2n) is 7.00. The number of hydrogen-bond donors (Lipinski definition) is 1. The number of anilines is 1. The Morgan fingerprint density at radius 2 is 1.52 bits per heavy atom. The lowest BCUT2D eigenvalue weighted by molar-refractivity contribution is 0.102. The molecule has 4 aromatic carbocycles. The minimum absolute atomic E-state index is 0.211. The number of amides is 1. The summed E-state index contributed by atoms with van der Waals surface area (Å²) in [4.78, 5) is 12.5. The van der Waals surface area contributed by atoms with E-state index in [1.807, 2.05) is 61.5 Å². The summed E-state index contributed by atoms with van der Waals surface area (Å²) in [5.74, 6) is -0.211. The number of carbonyl (C=O) groups excluding carboxylic acids is 1. The number of halogens is 2. The molecule has 0 aromatic heterocycles. The fourth-order valence-electron chi connectivity index (χ4n) is 3.30. The van der Waals surface area contributed by atoms with Crippen LogP contribution >= 0.6 is 15.9 Å². The van der Waals surface area contributed by atoms with E-state index in [2.05, 4.69) is 21.2 Å². The molecule has 1 atom stereocenters. The Labute approximate surface area is 177 Å². The quantitative estimate of drug-likeness (QED) is 0.351. The molecule has 0 spiro atoms.